The third kappa shape index (κ3) is 1.09. The summed E-state index contributed by atoms with van der Waals surface area (Å²) < 4.78 is 12.4. The van der Waals surface area contributed by atoms with Crippen molar-refractivity contribution >= 4 is 0 Å². The summed E-state index contributed by atoms with van der Waals surface area (Å²) in [6.07, 6.45) is 3.33. The van der Waals surface area contributed by atoms with Crippen LogP contribution in [0.15, 0.2) is 12.2 Å². The number of rotatable bonds is 1. The van der Waals surface area contributed by atoms with Crippen LogP contribution < -0.4 is 0 Å². The molecule has 0 aromatic rings. The number of nitrogens with zero attached hydrogens (tertiary/aromatic N) is 1. The van der Waals surface area contributed by atoms with Gasteiger partial charge in [0.2, 0.25) is 0 Å². The van der Waals surface area contributed by atoms with Crippen LogP contribution in [-0.4, -0.2) is 30.2 Å². The Morgan fingerprint density at radius 2 is 2.36 bits per heavy atom. The molecule has 0 aromatic heterocycles. The largest absolute Gasteiger partial charge is 0.291 e. The minimum atomic E-state index is -0.177. The van der Waals surface area contributed by atoms with Gasteiger partial charge in [-0.15, -0.1) is 0 Å². The van der Waals surface area contributed by atoms with Crippen LogP contribution in [0.1, 0.15) is 19.3 Å². The second kappa shape index (κ2) is 2.59. The minimum Gasteiger partial charge on any atom is -0.291 e. The number of fused-ring (bicyclic) bond motifs is 1. The molecule has 2 heteroatoms. The molecule has 11 heavy (non-hydrogen) atoms. The van der Waals surface area contributed by atoms with Crippen LogP contribution in [0.3, 0.4) is 0 Å². The van der Waals surface area contributed by atoms with Crippen molar-refractivity contribution in [2.75, 3.05) is 13.2 Å². The zero-order chi connectivity index (χ0) is 7.84. The molecule has 0 aromatic carbocycles. The van der Waals surface area contributed by atoms with Crippen molar-refractivity contribution in [1.29, 1.82) is 0 Å². The highest BCUT2D eigenvalue weighted by molar-refractivity contribution is 5.11. The lowest BCUT2D eigenvalue weighted by Crippen LogP contribution is -2.32. The smallest absolute Gasteiger partial charge is 0.105 e. The van der Waals surface area contributed by atoms with Gasteiger partial charge in [-0.25, -0.2) is 4.39 Å². The van der Waals surface area contributed by atoms with E-state index in [0.29, 0.717) is 6.04 Å². The summed E-state index contributed by atoms with van der Waals surface area (Å²) in [5, 5.41) is 0. The molecule has 1 nitrogen and oxygen atoms in total. The molecule has 0 N–H and O–H groups in total. The molecule has 2 saturated heterocycles. The fraction of sp³-hybridized carbons (Fsp3) is 0.778. The van der Waals surface area contributed by atoms with Crippen molar-refractivity contribution in [3.8, 4) is 0 Å². The Hall–Kier alpha value is -0.370. The number of hydrogen-bond donors (Lipinski definition) is 0. The highest BCUT2D eigenvalue weighted by atomic mass is 19.1. The van der Waals surface area contributed by atoms with Crippen LogP contribution in [0, 0.1) is 0 Å². The second-order valence-corrected chi connectivity index (χ2v) is 3.67. The van der Waals surface area contributed by atoms with Gasteiger partial charge in [-0.05, 0) is 19.3 Å². The maximum absolute atomic E-state index is 12.4. The average molecular weight is 155 g/mol. The third-order valence-corrected chi connectivity index (χ3v) is 2.88. The van der Waals surface area contributed by atoms with Crippen molar-refractivity contribution in [3.63, 3.8) is 0 Å². The molecule has 0 bridgehead atoms. The van der Waals surface area contributed by atoms with E-state index in [1.807, 2.05) is 0 Å². The molecule has 0 aliphatic carbocycles. The van der Waals surface area contributed by atoms with Crippen LogP contribution in [-0.2, 0) is 0 Å². The Morgan fingerprint density at radius 1 is 1.55 bits per heavy atom. The Bertz CT molecular complexity index is 178. The first-order chi connectivity index (χ1) is 5.31. The molecular weight excluding hydrogens is 141 g/mol. The summed E-state index contributed by atoms with van der Waals surface area (Å²) in [7, 11) is 0. The molecule has 62 valence electrons. The van der Waals surface area contributed by atoms with Crippen molar-refractivity contribution in [3.05, 3.63) is 12.2 Å². The zero-order valence-electron chi connectivity index (χ0n) is 6.72. The van der Waals surface area contributed by atoms with Crippen LogP contribution in [0.2, 0.25) is 0 Å². The van der Waals surface area contributed by atoms with Gasteiger partial charge in [-0.1, -0.05) is 12.2 Å². The van der Waals surface area contributed by atoms with Gasteiger partial charge in [0, 0.05) is 18.6 Å². The topological polar surface area (TPSA) is 3.24 Å². The Morgan fingerprint density at radius 3 is 3.09 bits per heavy atom. The van der Waals surface area contributed by atoms with Crippen molar-refractivity contribution in [2.45, 2.75) is 31.3 Å². The predicted molar refractivity (Wildman–Crippen MR) is 43.2 cm³/mol. The molecule has 0 amide bonds. The van der Waals surface area contributed by atoms with E-state index < -0.39 is 0 Å². The summed E-state index contributed by atoms with van der Waals surface area (Å²) in [5.74, 6) is 0. The molecule has 0 unspecified atom stereocenters. The molecule has 2 rings (SSSR count). The van der Waals surface area contributed by atoms with Crippen molar-refractivity contribution < 1.29 is 4.39 Å². The molecule has 2 aliphatic heterocycles. The van der Waals surface area contributed by atoms with Crippen molar-refractivity contribution in [1.82, 2.24) is 4.90 Å². The number of alkyl halides is 1. The molecule has 2 atom stereocenters. The molecule has 2 heterocycles. The highest BCUT2D eigenvalue weighted by Gasteiger charge is 2.37. The fourth-order valence-corrected chi connectivity index (χ4v) is 2.31. The van der Waals surface area contributed by atoms with Crippen LogP contribution in [0.5, 0.6) is 0 Å². The van der Waals surface area contributed by atoms with Gasteiger partial charge in [0.25, 0.3) is 0 Å². The molecule has 2 aliphatic rings. The van der Waals surface area contributed by atoms with Gasteiger partial charge in [0.05, 0.1) is 0 Å². The summed E-state index contributed by atoms with van der Waals surface area (Å²) in [4.78, 5) is 2.28. The van der Waals surface area contributed by atoms with Gasteiger partial charge >= 0.3 is 0 Å². The van der Waals surface area contributed by atoms with E-state index in [1.165, 1.54) is 12.0 Å². The normalized spacial score (nSPS) is 38.1. The van der Waals surface area contributed by atoms with E-state index in [4.69, 9.17) is 0 Å². The first-order valence-corrected chi connectivity index (χ1v) is 4.29. The van der Waals surface area contributed by atoms with Gasteiger partial charge in [0.15, 0.2) is 0 Å². The van der Waals surface area contributed by atoms with E-state index in [1.54, 1.807) is 0 Å². The van der Waals surface area contributed by atoms with Crippen LogP contribution in [0.25, 0.3) is 0 Å². The summed E-state index contributed by atoms with van der Waals surface area (Å²) in [6.45, 7) is 4.71. The Kier molecular flexibility index (Phi) is 1.72. The minimum absolute atomic E-state index is 0.177. The lowest BCUT2D eigenvalue weighted by atomic mass is 10.1. The fourth-order valence-electron chi connectivity index (χ4n) is 2.31. The molecule has 0 spiro atoms. The lowest BCUT2D eigenvalue weighted by Gasteiger charge is -2.20. The Balaban J connectivity index is 2.07. The summed E-state index contributed by atoms with van der Waals surface area (Å²) in [6, 6.07) is 0.836. The molecule has 2 fully saturated rings. The van der Waals surface area contributed by atoms with Gasteiger partial charge in [0.1, 0.15) is 6.67 Å². The highest BCUT2D eigenvalue weighted by Crippen LogP contribution is 2.34. The first-order valence-electron chi connectivity index (χ1n) is 4.29. The van der Waals surface area contributed by atoms with E-state index in [-0.39, 0.29) is 12.7 Å². The quantitative estimate of drug-likeness (QED) is 0.521. The predicted octanol–water partition coefficient (Wildman–Crippen LogP) is 1.75. The summed E-state index contributed by atoms with van der Waals surface area (Å²) in [5.41, 5.74) is 1.29. The standard InChI is InChI=1S/C9H14FN/c1-7-4-8-2-3-9(5-10)11(8)6-7/h8-9H,1-6H2/t8-,9-/m0/s1. The van der Waals surface area contributed by atoms with E-state index >= 15 is 0 Å². The average Bonchev–Trinajstić information content (AvgIpc) is 2.45. The monoisotopic (exact) mass is 155 g/mol. The van der Waals surface area contributed by atoms with Gasteiger partial charge < -0.3 is 0 Å². The number of halogens is 1. The molecular formula is C9H14FN. The SMILES string of the molecule is C=C1C[C@@H]2CC[C@@H](CF)N2C1. The van der Waals surface area contributed by atoms with E-state index in [9.17, 15) is 4.39 Å². The Labute approximate surface area is 66.9 Å². The zero-order valence-corrected chi connectivity index (χ0v) is 6.72. The third-order valence-electron chi connectivity index (χ3n) is 2.88. The second-order valence-electron chi connectivity index (χ2n) is 3.67. The summed E-state index contributed by atoms with van der Waals surface area (Å²) >= 11 is 0. The van der Waals surface area contributed by atoms with Crippen LogP contribution >= 0.6 is 0 Å². The lowest BCUT2D eigenvalue weighted by molar-refractivity contribution is 0.211. The maximum atomic E-state index is 12.4. The maximum Gasteiger partial charge on any atom is 0.105 e. The van der Waals surface area contributed by atoms with Crippen molar-refractivity contribution in [2.24, 2.45) is 0 Å². The van der Waals surface area contributed by atoms with E-state index in [0.717, 1.165) is 19.4 Å². The van der Waals surface area contributed by atoms with Gasteiger partial charge in [-0.3, -0.25) is 4.90 Å². The van der Waals surface area contributed by atoms with Gasteiger partial charge in [-0.2, -0.15) is 0 Å². The molecule has 0 saturated carbocycles. The number of hydrogen-bond acceptors (Lipinski definition) is 1. The van der Waals surface area contributed by atoms with E-state index in [2.05, 4.69) is 11.5 Å². The molecule has 0 radical (unpaired) electrons. The first kappa shape index (κ1) is 7.29. The van der Waals surface area contributed by atoms with Crippen LogP contribution in [0.4, 0.5) is 4.39 Å².